The number of benzene rings is 2. The number of carboxylic acids is 1. The Labute approximate surface area is 138 Å². The average Bonchev–Trinajstić information content (AvgIpc) is 2.54. The summed E-state index contributed by atoms with van der Waals surface area (Å²) < 4.78 is 27.2. The number of aliphatic carboxylic acids is 1. The molecule has 0 aliphatic heterocycles. The van der Waals surface area contributed by atoms with Crippen LogP contribution in [-0.4, -0.2) is 24.4 Å². The highest BCUT2D eigenvalue weighted by atomic mass is 32.2. The van der Waals surface area contributed by atoms with Crippen molar-refractivity contribution >= 4 is 21.7 Å². The molecule has 0 fully saturated rings. The van der Waals surface area contributed by atoms with Crippen molar-refractivity contribution in [2.45, 2.75) is 17.4 Å². The van der Waals surface area contributed by atoms with E-state index in [0.717, 1.165) is 6.07 Å². The van der Waals surface area contributed by atoms with Crippen molar-refractivity contribution < 1.29 is 23.2 Å². The van der Waals surface area contributed by atoms with E-state index < -0.39 is 33.4 Å². The number of non-ortho nitro benzene ring substituents is 1. The van der Waals surface area contributed by atoms with Crippen LogP contribution in [0.2, 0.25) is 0 Å². The Kier molecular flexibility index (Phi) is 5.27. The number of nitro groups is 1. The summed E-state index contributed by atoms with van der Waals surface area (Å²) in [7, 11) is -4.13. The molecule has 0 radical (unpaired) electrons. The first-order valence-corrected chi connectivity index (χ1v) is 8.31. The SMILES string of the molecule is O=C(O)C[C@H](NS(=O)(=O)c1cccc([N+](=O)[O-])c1)c1ccccc1. The summed E-state index contributed by atoms with van der Waals surface area (Å²) in [5.74, 6) is -1.18. The van der Waals surface area contributed by atoms with Crippen LogP contribution in [0.1, 0.15) is 18.0 Å². The maximum Gasteiger partial charge on any atom is 0.305 e. The lowest BCUT2D eigenvalue weighted by Gasteiger charge is -2.17. The molecule has 0 spiro atoms. The zero-order valence-corrected chi connectivity index (χ0v) is 13.1. The maximum atomic E-state index is 12.4. The van der Waals surface area contributed by atoms with Crippen molar-refractivity contribution in [3.8, 4) is 0 Å². The third kappa shape index (κ3) is 4.37. The summed E-state index contributed by atoms with van der Waals surface area (Å²) >= 11 is 0. The van der Waals surface area contributed by atoms with Crippen LogP contribution < -0.4 is 4.72 Å². The molecular weight excluding hydrogens is 336 g/mol. The molecule has 2 aromatic rings. The number of hydrogen-bond donors (Lipinski definition) is 2. The quantitative estimate of drug-likeness (QED) is 0.581. The van der Waals surface area contributed by atoms with Crippen LogP contribution in [0.25, 0.3) is 0 Å². The Morgan fingerprint density at radius 3 is 2.42 bits per heavy atom. The van der Waals surface area contributed by atoms with Crippen LogP contribution in [0.3, 0.4) is 0 Å². The largest absolute Gasteiger partial charge is 0.481 e. The molecule has 2 rings (SSSR count). The van der Waals surface area contributed by atoms with Gasteiger partial charge >= 0.3 is 5.97 Å². The first kappa shape index (κ1) is 17.6. The second kappa shape index (κ2) is 7.20. The zero-order valence-electron chi connectivity index (χ0n) is 12.3. The minimum absolute atomic E-state index is 0.303. The molecule has 2 N–H and O–H groups in total. The number of hydrogen-bond acceptors (Lipinski definition) is 5. The number of nitrogens with one attached hydrogen (secondary N) is 1. The molecule has 1 atom stereocenters. The number of nitrogens with zero attached hydrogens (tertiary/aromatic N) is 1. The third-order valence-electron chi connectivity index (χ3n) is 3.22. The summed E-state index contributed by atoms with van der Waals surface area (Å²) in [5, 5.41) is 19.8. The predicted octanol–water partition coefficient (Wildman–Crippen LogP) is 2.09. The molecule has 9 heteroatoms. The van der Waals surface area contributed by atoms with E-state index in [9.17, 15) is 23.3 Å². The van der Waals surface area contributed by atoms with Crippen molar-refractivity contribution in [1.29, 1.82) is 0 Å². The maximum absolute atomic E-state index is 12.4. The van der Waals surface area contributed by atoms with E-state index in [-0.39, 0.29) is 10.6 Å². The van der Waals surface area contributed by atoms with Crippen LogP contribution in [0.5, 0.6) is 0 Å². The first-order valence-electron chi connectivity index (χ1n) is 6.83. The lowest BCUT2D eigenvalue weighted by molar-refractivity contribution is -0.385. The molecular formula is C15H14N2O6S. The smallest absolute Gasteiger partial charge is 0.305 e. The average molecular weight is 350 g/mol. The normalized spacial score (nSPS) is 12.5. The van der Waals surface area contributed by atoms with Gasteiger partial charge in [0.2, 0.25) is 10.0 Å². The number of nitro benzene ring substituents is 1. The molecule has 24 heavy (non-hydrogen) atoms. The van der Waals surface area contributed by atoms with E-state index in [1.54, 1.807) is 30.3 Å². The van der Waals surface area contributed by atoms with E-state index in [1.165, 1.54) is 18.2 Å². The second-order valence-electron chi connectivity index (χ2n) is 4.94. The van der Waals surface area contributed by atoms with Crippen LogP contribution in [0.4, 0.5) is 5.69 Å². The van der Waals surface area contributed by atoms with Gasteiger partial charge in [-0.25, -0.2) is 13.1 Å². The Morgan fingerprint density at radius 2 is 1.83 bits per heavy atom. The molecule has 126 valence electrons. The highest BCUT2D eigenvalue weighted by Gasteiger charge is 2.24. The number of carbonyl (C=O) groups is 1. The van der Waals surface area contributed by atoms with Gasteiger partial charge in [0.05, 0.1) is 22.3 Å². The van der Waals surface area contributed by atoms with Crippen LogP contribution in [0.15, 0.2) is 59.5 Å². The molecule has 0 aliphatic carbocycles. The van der Waals surface area contributed by atoms with Crippen LogP contribution in [0, 0.1) is 10.1 Å². The standard InChI is InChI=1S/C15H14N2O6S/c18-15(19)10-14(11-5-2-1-3-6-11)16-24(22,23)13-8-4-7-12(9-13)17(20)21/h1-9,14,16H,10H2,(H,18,19)/t14-/m0/s1. The minimum Gasteiger partial charge on any atom is -0.481 e. The van der Waals surface area contributed by atoms with E-state index >= 15 is 0 Å². The van der Waals surface area contributed by atoms with Gasteiger partial charge in [-0.3, -0.25) is 14.9 Å². The van der Waals surface area contributed by atoms with Gasteiger partial charge in [0.25, 0.3) is 5.69 Å². The summed E-state index contributed by atoms with van der Waals surface area (Å²) in [6, 6.07) is 11.8. The van der Waals surface area contributed by atoms with E-state index in [1.807, 2.05) is 0 Å². The molecule has 2 aromatic carbocycles. The molecule has 0 aliphatic rings. The first-order chi connectivity index (χ1) is 11.3. The monoisotopic (exact) mass is 350 g/mol. The lowest BCUT2D eigenvalue weighted by atomic mass is 10.1. The van der Waals surface area contributed by atoms with Crippen molar-refractivity contribution in [1.82, 2.24) is 4.72 Å². The second-order valence-corrected chi connectivity index (χ2v) is 6.65. The molecule has 0 unspecified atom stereocenters. The highest BCUT2D eigenvalue weighted by molar-refractivity contribution is 7.89. The van der Waals surface area contributed by atoms with Gasteiger partial charge in [0.15, 0.2) is 0 Å². The van der Waals surface area contributed by atoms with Crippen LogP contribution >= 0.6 is 0 Å². The van der Waals surface area contributed by atoms with Gasteiger partial charge in [-0.2, -0.15) is 0 Å². The fourth-order valence-electron chi connectivity index (χ4n) is 2.11. The lowest BCUT2D eigenvalue weighted by Crippen LogP contribution is -2.30. The van der Waals surface area contributed by atoms with Crippen molar-refractivity contribution in [2.75, 3.05) is 0 Å². The molecule has 0 amide bonds. The molecule has 0 bridgehead atoms. The Morgan fingerprint density at radius 1 is 1.17 bits per heavy atom. The molecule has 0 heterocycles. The van der Waals surface area contributed by atoms with Gasteiger partial charge in [-0.1, -0.05) is 36.4 Å². The fraction of sp³-hybridized carbons (Fsp3) is 0.133. The van der Waals surface area contributed by atoms with Crippen molar-refractivity contribution in [3.63, 3.8) is 0 Å². The summed E-state index contributed by atoms with van der Waals surface area (Å²) in [6.07, 6.45) is -0.460. The van der Waals surface area contributed by atoms with Crippen molar-refractivity contribution in [3.05, 3.63) is 70.3 Å². The zero-order chi connectivity index (χ0) is 17.7. The molecule has 8 nitrogen and oxygen atoms in total. The summed E-state index contributed by atoms with van der Waals surface area (Å²) in [6.45, 7) is 0. The van der Waals surface area contributed by atoms with E-state index in [0.29, 0.717) is 5.56 Å². The van der Waals surface area contributed by atoms with Gasteiger partial charge in [-0.05, 0) is 11.6 Å². The fourth-order valence-corrected chi connectivity index (χ4v) is 3.37. The van der Waals surface area contributed by atoms with Gasteiger partial charge in [0, 0.05) is 12.1 Å². The Hall–Kier alpha value is -2.78. The summed E-state index contributed by atoms with van der Waals surface area (Å²) in [4.78, 5) is 20.8. The molecule has 0 saturated carbocycles. The topological polar surface area (TPSA) is 127 Å². The summed E-state index contributed by atoms with van der Waals surface area (Å²) in [5.41, 5.74) is 0.112. The highest BCUT2D eigenvalue weighted by Crippen LogP contribution is 2.22. The van der Waals surface area contributed by atoms with Gasteiger partial charge in [-0.15, -0.1) is 0 Å². The van der Waals surface area contributed by atoms with Crippen LogP contribution in [-0.2, 0) is 14.8 Å². The molecule has 0 saturated heterocycles. The van der Waals surface area contributed by atoms with E-state index in [2.05, 4.69) is 4.72 Å². The number of carboxylic acid groups (broad SMARTS) is 1. The van der Waals surface area contributed by atoms with Crippen molar-refractivity contribution in [2.24, 2.45) is 0 Å². The predicted molar refractivity (Wildman–Crippen MR) is 84.9 cm³/mol. The Bertz CT molecular complexity index is 851. The van der Waals surface area contributed by atoms with E-state index in [4.69, 9.17) is 5.11 Å². The number of sulfonamides is 1. The van der Waals surface area contributed by atoms with Gasteiger partial charge < -0.3 is 5.11 Å². The van der Waals surface area contributed by atoms with Gasteiger partial charge in [0.1, 0.15) is 0 Å². The molecule has 0 aromatic heterocycles. The number of rotatable bonds is 7. The Balaban J connectivity index is 2.35. The third-order valence-corrected chi connectivity index (χ3v) is 4.69. The minimum atomic E-state index is -4.13.